The van der Waals surface area contributed by atoms with Gasteiger partial charge >= 0.3 is 6.18 Å². The van der Waals surface area contributed by atoms with Crippen molar-refractivity contribution in [3.05, 3.63) is 77.7 Å². The molecule has 0 aliphatic carbocycles. The van der Waals surface area contributed by atoms with E-state index in [0.29, 0.717) is 17.6 Å². The van der Waals surface area contributed by atoms with Gasteiger partial charge in [-0.15, -0.1) is 10.2 Å². The highest BCUT2D eigenvalue weighted by molar-refractivity contribution is 6.04. The summed E-state index contributed by atoms with van der Waals surface area (Å²) in [5.41, 5.74) is -0.845. The maximum Gasteiger partial charge on any atom is 0.433 e. The van der Waals surface area contributed by atoms with E-state index in [1.54, 1.807) is 30.6 Å². The zero-order chi connectivity index (χ0) is 25.9. The molecule has 0 bridgehead atoms. The van der Waals surface area contributed by atoms with Crippen LogP contribution in [0.25, 0.3) is 11.5 Å². The number of amides is 1. The number of benzene rings is 1. The number of nitrogens with one attached hydrogen (secondary N) is 1. The predicted molar refractivity (Wildman–Crippen MR) is 122 cm³/mol. The lowest BCUT2D eigenvalue weighted by Crippen LogP contribution is -2.13. The van der Waals surface area contributed by atoms with E-state index in [1.165, 1.54) is 24.3 Å². The number of alkyl halides is 3. The fourth-order valence-electron chi connectivity index (χ4n) is 3.21. The molecule has 0 spiro atoms. The first kappa shape index (κ1) is 24.3. The number of ether oxygens (including phenoxy) is 1. The minimum Gasteiger partial charge on any atom is -0.439 e. The summed E-state index contributed by atoms with van der Waals surface area (Å²) in [5, 5.41) is 19.7. The Balaban J connectivity index is 1.54. The highest BCUT2D eigenvalue weighted by Crippen LogP contribution is 2.31. The lowest BCUT2D eigenvalue weighted by atomic mass is 10.2. The summed E-state index contributed by atoms with van der Waals surface area (Å²) in [6, 6.07) is 14.3. The monoisotopic (exact) mass is 493 g/mol. The fraction of sp³-hybridized carbons (Fsp3) is 0.167. The molecule has 3 aromatic heterocycles. The number of anilines is 1. The Morgan fingerprint density at radius 1 is 1.11 bits per heavy atom. The molecular formula is C24H18F3N7O2. The maximum absolute atomic E-state index is 13.1. The largest absolute Gasteiger partial charge is 0.439 e. The standard InChI is InChI=1S/C24H18F3N7O2/c1-14(2)34-13-29-33-22(34)18-7-4-8-20(30-18)32-23(35)16-5-3-6-17(11-16)36-21-10-15(12-28)9-19(31-21)24(25,26)27/h3-11,13-14H,1-2H3,(H,30,32,35). The number of halogens is 3. The van der Waals surface area contributed by atoms with Gasteiger partial charge in [0.25, 0.3) is 5.91 Å². The number of nitrogens with zero attached hydrogens (tertiary/aromatic N) is 6. The molecule has 3 heterocycles. The summed E-state index contributed by atoms with van der Waals surface area (Å²) in [7, 11) is 0. The van der Waals surface area contributed by atoms with Crippen molar-refractivity contribution in [2.24, 2.45) is 0 Å². The summed E-state index contributed by atoms with van der Waals surface area (Å²) in [6.07, 6.45) is -3.16. The van der Waals surface area contributed by atoms with Crippen LogP contribution >= 0.6 is 0 Å². The van der Waals surface area contributed by atoms with Gasteiger partial charge in [0.05, 0.1) is 11.6 Å². The van der Waals surface area contributed by atoms with E-state index in [1.807, 2.05) is 18.4 Å². The average molecular weight is 493 g/mol. The van der Waals surface area contributed by atoms with Gasteiger partial charge in [0, 0.05) is 17.7 Å². The molecule has 182 valence electrons. The Kier molecular flexibility index (Phi) is 6.64. The topological polar surface area (TPSA) is 119 Å². The van der Waals surface area contributed by atoms with Crippen molar-refractivity contribution in [2.45, 2.75) is 26.1 Å². The Morgan fingerprint density at radius 2 is 1.89 bits per heavy atom. The predicted octanol–water partition coefficient (Wildman–Crippen LogP) is 5.25. The first-order chi connectivity index (χ1) is 17.1. The van der Waals surface area contributed by atoms with E-state index in [2.05, 4.69) is 25.5 Å². The van der Waals surface area contributed by atoms with E-state index in [9.17, 15) is 18.0 Å². The number of pyridine rings is 2. The van der Waals surface area contributed by atoms with E-state index >= 15 is 0 Å². The summed E-state index contributed by atoms with van der Waals surface area (Å²) < 4.78 is 46.5. The minimum atomic E-state index is -4.75. The molecule has 12 heteroatoms. The Hall–Kier alpha value is -4.79. The lowest BCUT2D eigenvalue weighted by molar-refractivity contribution is -0.141. The molecule has 0 fully saturated rings. The van der Waals surface area contributed by atoms with E-state index in [-0.39, 0.29) is 28.7 Å². The number of aromatic nitrogens is 5. The number of carbonyl (C=O) groups excluding carboxylic acids is 1. The number of carbonyl (C=O) groups is 1. The highest BCUT2D eigenvalue weighted by Gasteiger charge is 2.33. The quantitative estimate of drug-likeness (QED) is 0.390. The van der Waals surface area contributed by atoms with Crippen molar-refractivity contribution < 1.29 is 22.7 Å². The molecule has 0 atom stereocenters. The molecule has 36 heavy (non-hydrogen) atoms. The first-order valence-corrected chi connectivity index (χ1v) is 10.6. The second kappa shape index (κ2) is 9.83. The van der Waals surface area contributed by atoms with Gasteiger partial charge in [0.2, 0.25) is 5.88 Å². The zero-order valence-corrected chi connectivity index (χ0v) is 19.0. The van der Waals surface area contributed by atoms with Gasteiger partial charge in [-0.25, -0.2) is 9.97 Å². The zero-order valence-electron chi connectivity index (χ0n) is 19.0. The third-order valence-electron chi connectivity index (χ3n) is 4.89. The molecule has 0 aliphatic heterocycles. The Bertz CT molecular complexity index is 1460. The van der Waals surface area contributed by atoms with Crippen LogP contribution in [0, 0.1) is 11.3 Å². The van der Waals surface area contributed by atoms with Crippen LogP contribution in [0.3, 0.4) is 0 Å². The van der Waals surface area contributed by atoms with Crippen LogP contribution in [0.4, 0.5) is 19.0 Å². The molecule has 1 N–H and O–H groups in total. The third-order valence-corrected chi connectivity index (χ3v) is 4.89. The van der Waals surface area contributed by atoms with Crippen molar-refractivity contribution in [3.8, 4) is 29.2 Å². The molecule has 4 rings (SSSR count). The smallest absolute Gasteiger partial charge is 0.433 e. The van der Waals surface area contributed by atoms with Gasteiger partial charge < -0.3 is 14.6 Å². The van der Waals surface area contributed by atoms with Crippen molar-refractivity contribution in [1.82, 2.24) is 24.7 Å². The second-order valence-electron chi connectivity index (χ2n) is 7.84. The molecule has 4 aromatic rings. The van der Waals surface area contributed by atoms with Gasteiger partial charge in [0.1, 0.15) is 29.3 Å². The molecule has 0 saturated heterocycles. The molecule has 0 radical (unpaired) electrons. The summed E-state index contributed by atoms with van der Waals surface area (Å²) in [6.45, 7) is 3.95. The summed E-state index contributed by atoms with van der Waals surface area (Å²) in [4.78, 5) is 20.7. The summed E-state index contributed by atoms with van der Waals surface area (Å²) >= 11 is 0. The molecule has 1 aromatic carbocycles. The molecule has 9 nitrogen and oxygen atoms in total. The van der Waals surface area contributed by atoms with Crippen LogP contribution in [-0.2, 0) is 6.18 Å². The van der Waals surface area contributed by atoms with Crippen LogP contribution < -0.4 is 10.1 Å². The van der Waals surface area contributed by atoms with Gasteiger partial charge in [-0.1, -0.05) is 12.1 Å². The molecule has 0 saturated carbocycles. The molecule has 0 aliphatic rings. The van der Waals surface area contributed by atoms with Crippen molar-refractivity contribution in [3.63, 3.8) is 0 Å². The Morgan fingerprint density at radius 3 is 2.61 bits per heavy atom. The highest BCUT2D eigenvalue weighted by atomic mass is 19.4. The van der Waals surface area contributed by atoms with Crippen LogP contribution in [-0.4, -0.2) is 30.6 Å². The second-order valence-corrected chi connectivity index (χ2v) is 7.84. The SMILES string of the molecule is CC(C)n1cnnc1-c1cccc(NC(=O)c2cccc(Oc3cc(C#N)cc(C(F)(F)F)n3)c2)n1. The van der Waals surface area contributed by atoms with E-state index in [0.717, 1.165) is 6.07 Å². The number of rotatable bonds is 6. The minimum absolute atomic E-state index is 0.0603. The van der Waals surface area contributed by atoms with Gasteiger partial charge in [-0.05, 0) is 50.2 Å². The van der Waals surface area contributed by atoms with E-state index in [4.69, 9.17) is 10.00 Å². The number of hydrogen-bond acceptors (Lipinski definition) is 7. The third kappa shape index (κ3) is 5.47. The number of hydrogen-bond donors (Lipinski definition) is 1. The van der Waals surface area contributed by atoms with Crippen molar-refractivity contribution in [1.29, 1.82) is 5.26 Å². The van der Waals surface area contributed by atoms with Gasteiger partial charge in [-0.3, -0.25) is 4.79 Å². The maximum atomic E-state index is 13.1. The normalized spacial score (nSPS) is 11.2. The summed E-state index contributed by atoms with van der Waals surface area (Å²) in [5.74, 6) is -0.0834. The van der Waals surface area contributed by atoms with Gasteiger partial charge in [0.15, 0.2) is 5.82 Å². The molecular weight excluding hydrogens is 475 g/mol. The van der Waals surface area contributed by atoms with E-state index < -0.39 is 23.7 Å². The van der Waals surface area contributed by atoms with Gasteiger partial charge in [-0.2, -0.15) is 18.4 Å². The van der Waals surface area contributed by atoms with Crippen LogP contribution in [0.15, 0.2) is 60.9 Å². The lowest BCUT2D eigenvalue weighted by Gasteiger charge is -2.11. The van der Waals surface area contributed by atoms with Crippen molar-refractivity contribution >= 4 is 11.7 Å². The Labute approximate surface area is 203 Å². The van der Waals surface area contributed by atoms with Crippen LogP contribution in [0.5, 0.6) is 11.6 Å². The molecule has 0 unspecified atom stereocenters. The first-order valence-electron chi connectivity index (χ1n) is 10.6. The van der Waals surface area contributed by atoms with Crippen molar-refractivity contribution in [2.75, 3.05) is 5.32 Å². The molecule has 1 amide bonds. The number of nitriles is 1. The van der Waals surface area contributed by atoms with Crippen LogP contribution in [0.1, 0.15) is 41.5 Å². The fourth-order valence-corrected chi connectivity index (χ4v) is 3.21. The van der Waals surface area contributed by atoms with Crippen LogP contribution in [0.2, 0.25) is 0 Å². The average Bonchev–Trinajstić information content (AvgIpc) is 3.34.